The van der Waals surface area contributed by atoms with Crippen LogP contribution in [0.4, 0.5) is 0 Å². The third-order valence-electron chi connectivity index (χ3n) is 11.0. The quantitative estimate of drug-likeness (QED) is 0.0536. The van der Waals surface area contributed by atoms with Crippen LogP contribution in [-0.4, -0.2) is 47.5 Å². The van der Waals surface area contributed by atoms with Gasteiger partial charge < -0.3 is 9.47 Å². The normalized spacial score (nSPS) is 20.9. The number of unbranched alkanes of at least 4 members (excludes halogenated alkanes) is 18. The van der Waals surface area contributed by atoms with Crippen molar-refractivity contribution in [2.75, 3.05) is 19.6 Å². The molecule has 2 aliphatic rings. The maximum atomic E-state index is 6.91. The summed E-state index contributed by atoms with van der Waals surface area (Å²) in [6, 6.07) is 4.27. The topological polar surface area (TPSA) is 34.6 Å². The molecule has 0 bridgehead atoms. The van der Waals surface area contributed by atoms with Gasteiger partial charge in [0.2, 0.25) is 0 Å². The van der Waals surface area contributed by atoms with Crippen molar-refractivity contribution in [2.45, 2.75) is 205 Å². The first-order chi connectivity index (χ1) is 25.7. The van der Waals surface area contributed by atoms with Crippen LogP contribution in [0.2, 0.25) is 0 Å². The highest BCUT2D eigenvalue weighted by Crippen LogP contribution is 2.40. The minimum Gasteiger partial charge on any atom is -0.343 e. The largest absolute Gasteiger partial charge is 0.343 e. The van der Waals surface area contributed by atoms with Gasteiger partial charge in [-0.3, -0.25) is 9.88 Å². The number of hydrogen-bond donors (Lipinski definition) is 0. The van der Waals surface area contributed by atoms with E-state index in [2.05, 4.69) is 84.5 Å². The van der Waals surface area contributed by atoms with Gasteiger partial charge in [-0.15, -0.1) is 0 Å². The molecule has 52 heavy (non-hydrogen) atoms. The number of fused-ring (bicyclic) bond motifs is 1. The summed E-state index contributed by atoms with van der Waals surface area (Å²) >= 11 is 0. The highest BCUT2D eigenvalue weighted by Gasteiger charge is 2.50. The number of nitrogens with zero attached hydrogens (tertiary/aromatic N) is 2. The molecule has 2 aliphatic heterocycles. The predicted molar refractivity (Wildman–Crippen MR) is 225 cm³/mol. The molecule has 0 aromatic carbocycles. The summed E-state index contributed by atoms with van der Waals surface area (Å²) in [7, 11) is 0. The van der Waals surface area contributed by atoms with Crippen molar-refractivity contribution in [3.63, 3.8) is 0 Å². The zero-order chi connectivity index (χ0) is 36.6. The Hall–Kier alpha value is -2.01. The standard InChI is InChI=1S/C48H80N2O2/c1-3-5-7-9-11-13-15-17-19-21-23-25-27-29-31-33-38-48(39-34-32-30-28-26-24-22-20-18-16-14-12-10-8-6-4-2)51-46-43-50(44-47(46)52-48)42-37-45-35-40-49-41-36-45/h11-14,17-20,35-36,40-41,46-47H,3-10,15-16,21-34,37-39,42-44H2,1-2H3/t46-,47+,48?. The molecule has 1 aromatic rings. The van der Waals surface area contributed by atoms with Gasteiger partial charge in [0.25, 0.3) is 0 Å². The monoisotopic (exact) mass is 717 g/mol. The molecule has 3 heterocycles. The maximum absolute atomic E-state index is 6.91. The molecule has 2 saturated heterocycles. The van der Waals surface area contributed by atoms with Crippen molar-refractivity contribution in [3.8, 4) is 0 Å². The van der Waals surface area contributed by atoms with Crippen molar-refractivity contribution < 1.29 is 9.47 Å². The molecule has 0 aliphatic carbocycles. The zero-order valence-corrected chi connectivity index (χ0v) is 34.0. The highest BCUT2D eigenvalue weighted by atomic mass is 16.8. The van der Waals surface area contributed by atoms with Crippen LogP contribution in [0, 0.1) is 0 Å². The van der Waals surface area contributed by atoms with Crippen LogP contribution in [0.5, 0.6) is 0 Å². The third kappa shape index (κ3) is 21.0. The van der Waals surface area contributed by atoms with E-state index in [1.165, 1.54) is 147 Å². The van der Waals surface area contributed by atoms with E-state index in [1.807, 2.05) is 12.4 Å². The van der Waals surface area contributed by atoms with Crippen LogP contribution in [0.25, 0.3) is 0 Å². The molecular weight excluding hydrogens is 637 g/mol. The van der Waals surface area contributed by atoms with Gasteiger partial charge in [-0.1, -0.05) is 140 Å². The number of rotatable bonds is 33. The fourth-order valence-corrected chi connectivity index (χ4v) is 7.77. The van der Waals surface area contributed by atoms with Gasteiger partial charge >= 0.3 is 0 Å². The average Bonchev–Trinajstić information content (AvgIpc) is 3.70. The molecule has 0 spiro atoms. The van der Waals surface area contributed by atoms with Crippen LogP contribution < -0.4 is 0 Å². The number of ether oxygens (including phenoxy) is 2. The second-order valence-electron chi connectivity index (χ2n) is 15.8. The first-order valence-corrected chi connectivity index (χ1v) is 22.3. The van der Waals surface area contributed by atoms with Crippen molar-refractivity contribution in [1.29, 1.82) is 0 Å². The third-order valence-corrected chi connectivity index (χ3v) is 11.0. The number of hydrogen-bond acceptors (Lipinski definition) is 4. The average molecular weight is 717 g/mol. The minimum absolute atomic E-state index is 0.228. The van der Waals surface area contributed by atoms with Crippen molar-refractivity contribution in [1.82, 2.24) is 9.88 Å². The van der Waals surface area contributed by atoms with Crippen LogP contribution in [0.15, 0.2) is 73.1 Å². The second kappa shape index (κ2) is 30.3. The van der Waals surface area contributed by atoms with Gasteiger partial charge in [0, 0.05) is 44.9 Å². The Balaban J connectivity index is 1.28. The summed E-state index contributed by atoms with van der Waals surface area (Å²) in [6.45, 7) is 7.61. The summed E-state index contributed by atoms with van der Waals surface area (Å²) in [4.78, 5) is 6.71. The molecule has 4 nitrogen and oxygen atoms in total. The summed E-state index contributed by atoms with van der Waals surface area (Å²) in [6.07, 6.45) is 57.2. The number of likely N-dealkylation sites (tertiary alicyclic amines) is 1. The Kier molecular flexibility index (Phi) is 25.9. The molecule has 0 N–H and O–H groups in total. The molecule has 0 radical (unpaired) electrons. The fraction of sp³-hybridized carbons (Fsp3) is 0.729. The Bertz CT molecular complexity index is 1020. The molecule has 0 saturated carbocycles. The van der Waals surface area contributed by atoms with Crippen LogP contribution in [0.1, 0.15) is 186 Å². The molecule has 4 heteroatoms. The number of pyridine rings is 1. The first kappa shape index (κ1) is 44.4. The van der Waals surface area contributed by atoms with Gasteiger partial charge in [0.05, 0.1) is 0 Å². The Labute approximate surface area is 322 Å². The molecule has 2 atom stereocenters. The van der Waals surface area contributed by atoms with E-state index < -0.39 is 0 Å². The molecular formula is C48H80N2O2. The fourth-order valence-electron chi connectivity index (χ4n) is 7.77. The van der Waals surface area contributed by atoms with Gasteiger partial charge in [-0.05, 0) is 101 Å². The molecule has 0 unspecified atom stereocenters. The lowest BCUT2D eigenvalue weighted by molar-refractivity contribution is -0.193. The summed E-state index contributed by atoms with van der Waals surface area (Å²) in [5.74, 6) is -0.350. The Morgan fingerprint density at radius 2 is 0.962 bits per heavy atom. The van der Waals surface area contributed by atoms with Crippen molar-refractivity contribution in [2.24, 2.45) is 0 Å². The lowest BCUT2D eigenvalue weighted by atomic mass is 9.98. The highest BCUT2D eigenvalue weighted by molar-refractivity contribution is 5.10. The number of allylic oxidation sites excluding steroid dienone is 8. The Morgan fingerprint density at radius 1 is 0.558 bits per heavy atom. The van der Waals surface area contributed by atoms with E-state index in [0.29, 0.717) is 0 Å². The predicted octanol–water partition coefficient (Wildman–Crippen LogP) is 13.8. The van der Waals surface area contributed by atoms with Gasteiger partial charge in [-0.2, -0.15) is 0 Å². The smallest absolute Gasteiger partial charge is 0.169 e. The van der Waals surface area contributed by atoms with Crippen molar-refractivity contribution >= 4 is 0 Å². The van der Waals surface area contributed by atoms with E-state index in [4.69, 9.17) is 9.47 Å². The van der Waals surface area contributed by atoms with Crippen LogP contribution >= 0.6 is 0 Å². The molecule has 2 fully saturated rings. The van der Waals surface area contributed by atoms with E-state index >= 15 is 0 Å². The van der Waals surface area contributed by atoms with Crippen molar-refractivity contribution in [3.05, 3.63) is 78.7 Å². The lowest BCUT2D eigenvalue weighted by Gasteiger charge is -2.31. The summed E-state index contributed by atoms with van der Waals surface area (Å²) in [5.41, 5.74) is 1.36. The Morgan fingerprint density at radius 3 is 1.40 bits per heavy atom. The first-order valence-electron chi connectivity index (χ1n) is 22.3. The van der Waals surface area contributed by atoms with E-state index in [-0.39, 0.29) is 18.0 Å². The SMILES string of the molecule is CCCCCC=CCC=CCCCCCCCCC1(CCCCCCCCC=CCC=CCCCCC)O[C@H]2CN(CCc3ccncc3)C[C@H]2O1. The van der Waals surface area contributed by atoms with Gasteiger partial charge in [0.15, 0.2) is 5.79 Å². The minimum atomic E-state index is -0.350. The second-order valence-corrected chi connectivity index (χ2v) is 15.8. The lowest BCUT2D eigenvalue weighted by Crippen LogP contribution is -2.36. The number of aromatic nitrogens is 1. The maximum Gasteiger partial charge on any atom is 0.169 e. The van der Waals surface area contributed by atoms with E-state index in [9.17, 15) is 0 Å². The molecule has 294 valence electrons. The van der Waals surface area contributed by atoms with Gasteiger partial charge in [0.1, 0.15) is 12.2 Å². The molecule has 3 rings (SSSR count). The zero-order valence-electron chi connectivity index (χ0n) is 34.0. The van der Waals surface area contributed by atoms with E-state index in [0.717, 1.165) is 51.7 Å². The van der Waals surface area contributed by atoms with Gasteiger partial charge in [-0.25, -0.2) is 0 Å². The summed E-state index contributed by atoms with van der Waals surface area (Å²) < 4.78 is 13.8. The molecule has 1 aromatic heterocycles. The molecule has 0 amide bonds. The van der Waals surface area contributed by atoms with Crippen LogP contribution in [0.3, 0.4) is 0 Å². The van der Waals surface area contributed by atoms with Crippen LogP contribution in [-0.2, 0) is 15.9 Å². The summed E-state index contributed by atoms with van der Waals surface area (Å²) in [5, 5.41) is 0. The van der Waals surface area contributed by atoms with E-state index in [1.54, 1.807) is 0 Å².